The van der Waals surface area contributed by atoms with Gasteiger partial charge in [0.15, 0.2) is 9.84 Å². The molecule has 11 heteroatoms. The summed E-state index contributed by atoms with van der Waals surface area (Å²) in [5, 5.41) is 1.82. The summed E-state index contributed by atoms with van der Waals surface area (Å²) in [5.74, 6) is -2.92. The van der Waals surface area contributed by atoms with Crippen LogP contribution in [-0.2, 0) is 14.6 Å². The van der Waals surface area contributed by atoms with Crippen molar-refractivity contribution in [1.82, 2.24) is 0 Å². The predicted molar refractivity (Wildman–Crippen MR) is 114 cm³/mol. The van der Waals surface area contributed by atoms with Gasteiger partial charge in [0.25, 0.3) is 5.91 Å². The predicted octanol–water partition coefficient (Wildman–Crippen LogP) is 3.80. The van der Waals surface area contributed by atoms with E-state index in [0.29, 0.717) is 25.7 Å². The largest absolute Gasteiger partial charge is 0.496 e. The Bertz CT molecular complexity index is 1040. The van der Waals surface area contributed by atoms with E-state index in [4.69, 9.17) is 21.1 Å². The molecule has 6 nitrogen and oxygen atoms in total. The summed E-state index contributed by atoms with van der Waals surface area (Å²) in [6, 6.07) is 5.30. The number of hydrogen-bond acceptors (Lipinski definition) is 5. The highest BCUT2D eigenvalue weighted by Gasteiger charge is 2.26. The highest BCUT2D eigenvalue weighted by molar-refractivity contribution is 7.91. The number of methoxy groups -OCH3 is 1. The molecule has 2 aromatic rings. The number of hydrogen-bond donors (Lipinski definition) is 1. The number of benzene rings is 2. The molecule has 1 atom stereocenters. The number of halogens is 3. The third-order valence-electron chi connectivity index (χ3n) is 4.49. The quantitative estimate of drug-likeness (QED) is 0.637. The highest BCUT2D eigenvalue weighted by atomic mass is 35.5. The standard InChI is InChI=1S/C19H18ClF2NO5S.H2S/c1-27-17-3-2-13(29(25,26)10-11-4-5-28-9-11)8-14(17)19(24)23-16-7-12(21)6-15(22)18(16)20;/h2-3,6-8,11H,4-5,9-10H2,1H3,(H,23,24);1H2/t11-;/m0./s1. The summed E-state index contributed by atoms with van der Waals surface area (Å²) in [5.41, 5.74) is -0.399. The molecule has 0 spiro atoms. The highest BCUT2D eigenvalue weighted by Crippen LogP contribution is 2.29. The molecule has 0 aliphatic carbocycles. The Hall–Kier alpha value is -1.88. The van der Waals surface area contributed by atoms with Crippen LogP contribution in [0.15, 0.2) is 35.2 Å². The van der Waals surface area contributed by atoms with Crippen LogP contribution in [0.2, 0.25) is 5.02 Å². The Morgan fingerprint density at radius 2 is 2.03 bits per heavy atom. The van der Waals surface area contributed by atoms with Crippen LogP contribution in [0.1, 0.15) is 16.8 Å². The van der Waals surface area contributed by atoms with Gasteiger partial charge in [-0.1, -0.05) is 11.6 Å². The van der Waals surface area contributed by atoms with Gasteiger partial charge >= 0.3 is 0 Å². The van der Waals surface area contributed by atoms with E-state index in [9.17, 15) is 22.0 Å². The Balaban J connectivity index is 0.00000320. The average Bonchev–Trinajstić information content (AvgIpc) is 3.17. The molecule has 1 aliphatic heterocycles. The second kappa shape index (κ2) is 9.95. The number of rotatable bonds is 6. The van der Waals surface area contributed by atoms with Gasteiger partial charge in [-0.3, -0.25) is 4.79 Å². The van der Waals surface area contributed by atoms with Crippen molar-refractivity contribution in [2.24, 2.45) is 5.92 Å². The van der Waals surface area contributed by atoms with Crippen LogP contribution in [0.25, 0.3) is 0 Å². The van der Waals surface area contributed by atoms with Crippen LogP contribution < -0.4 is 10.1 Å². The minimum absolute atomic E-state index is 0. The third kappa shape index (κ3) is 5.42. The molecule has 30 heavy (non-hydrogen) atoms. The van der Waals surface area contributed by atoms with E-state index in [-0.39, 0.29) is 47.1 Å². The molecule has 1 N–H and O–H groups in total. The Labute approximate surface area is 184 Å². The molecule has 0 radical (unpaired) electrons. The van der Waals surface area contributed by atoms with E-state index in [1.54, 1.807) is 0 Å². The fraction of sp³-hybridized carbons (Fsp3) is 0.316. The van der Waals surface area contributed by atoms with Gasteiger partial charge in [-0.05, 0) is 36.6 Å². The first-order valence-electron chi connectivity index (χ1n) is 8.65. The maximum atomic E-state index is 13.6. The van der Waals surface area contributed by atoms with Gasteiger partial charge in [0.05, 0.1) is 35.6 Å². The molecule has 1 saturated heterocycles. The lowest BCUT2D eigenvalue weighted by molar-refractivity contribution is 0.102. The van der Waals surface area contributed by atoms with Crippen LogP contribution in [0.3, 0.4) is 0 Å². The second-order valence-electron chi connectivity index (χ2n) is 6.58. The van der Waals surface area contributed by atoms with Crippen molar-refractivity contribution < 1.29 is 31.5 Å². The van der Waals surface area contributed by atoms with Crippen LogP contribution >= 0.6 is 25.1 Å². The third-order valence-corrected chi connectivity index (χ3v) is 6.76. The summed E-state index contributed by atoms with van der Waals surface area (Å²) in [4.78, 5) is 12.6. The van der Waals surface area contributed by atoms with Gasteiger partial charge in [-0.2, -0.15) is 13.5 Å². The minimum atomic E-state index is -3.68. The van der Waals surface area contributed by atoms with E-state index in [0.717, 1.165) is 6.07 Å². The summed E-state index contributed by atoms with van der Waals surface area (Å²) in [6.07, 6.45) is 0.645. The fourth-order valence-corrected chi connectivity index (χ4v) is 4.82. The SMILES string of the molecule is COc1ccc(S(=O)(=O)C[C@H]2CCOC2)cc1C(=O)Nc1cc(F)cc(F)c1Cl.S. The topological polar surface area (TPSA) is 81.7 Å². The van der Waals surface area contributed by atoms with E-state index in [2.05, 4.69) is 5.32 Å². The first kappa shape index (κ1) is 24.4. The number of carbonyl (C=O) groups is 1. The number of carbonyl (C=O) groups excluding carboxylic acids is 1. The molecule has 2 aromatic carbocycles. The van der Waals surface area contributed by atoms with Crippen LogP contribution in [0.5, 0.6) is 5.75 Å². The van der Waals surface area contributed by atoms with E-state index < -0.39 is 32.4 Å². The number of sulfone groups is 1. The van der Waals surface area contributed by atoms with E-state index in [1.165, 1.54) is 25.3 Å². The zero-order chi connectivity index (χ0) is 21.2. The molecule has 3 rings (SSSR count). The van der Waals surface area contributed by atoms with Crippen molar-refractivity contribution >= 4 is 46.5 Å². The number of ether oxygens (including phenoxy) is 2. The van der Waals surface area contributed by atoms with Crippen LogP contribution in [0.4, 0.5) is 14.5 Å². The summed E-state index contributed by atoms with van der Waals surface area (Å²) in [7, 11) is -2.37. The van der Waals surface area contributed by atoms with Gasteiger partial charge in [0.1, 0.15) is 22.4 Å². The number of anilines is 1. The van der Waals surface area contributed by atoms with Gasteiger partial charge in [0, 0.05) is 12.7 Å². The maximum absolute atomic E-state index is 13.6. The van der Waals surface area contributed by atoms with Gasteiger partial charge in [0.2, 0.25) is 0 Å². The smallest absolute Gasteiger partial charge is 0.259 e. The summed E-state index contributed by atoms with van der Waals surface area (Å²) >= 11 is 5.77. The molecular formula is C19H20ClF2NO5S2. The Kier molecular flexibility index (Phi) is 8.09. The van der Waals surface area contributed by atoms with Crippen molar-refractivity contribution in [3.05, 3.63) is 52.6 Å². The number of nitrogens with one attached hydrogen (secondary N) is 1. The lowest BCUT2D eigenvalue weighted by Crippen LogP contribution is -2.18. The maximum Gasteiger partial charge on any atom is 0.259 e. The molecule has 164 valence electrons. The first-order valence-corrected chi connectivity index (χ1v) is 10.7. The van der Waals surface area contributed by atoms with E-state index in [1.807, 2.05) is 0 Å². The lowest BCUT2D eigenvalue weighted by Gasteiger charge is -2.14. The van der Waals surface area contributed by atoms with Gasteiger partial charge < -0.3 is 14.8 Å². The molecule has 0 aromatic heterocycles. The molecule has 0 unspecified atom stereocenters. The van der Waals surface area contributed by atoms with Gasteiger partial charge in [-0.25, -0.2) is 17.2 Å². The molecule has 1 aliphatic rings. The van der Waals surface area contributed by atoms with Crippen molar-refractivity contribution in [1.29, 1.82) is 0 Å². The average molecular weight is 480 g/mol. The zero-order valence-corrected chi connectivity index (χ0v) is 18.4. The molecule has 0 bridgehead atoms. The zero-order valence-electron chi connectivity index (χ0n) is 15.9. The number of amides is 1. The van der Waals surface area contributed by atoms with Crippen LogP contribution in [-0.4, -0.2) is 40.4 Å². The second-order valence-corrected chi connectivity index (χ2v) is 8.99. The van der Waals surface area contributed by atoms with Crippen molar-refractivity contribution in [2.75, 3.05) is 31.4 Å². The monoisotopic (exact) mass is 479 g/mol. The molecular weight excluding hydrogens is 460 g/mol. The summed E-state index contributed by atoms with van der Waals surface area (Å²) in [6.45, 7) is 0.883. The lowest BCUT2D eigenvalue weighted by atomic mass is 10.1. The molecule has 0 saturated carbocycles. The van der Waals surface area contributed by atoms with Crippen LogP contribution in [0, 0.1) is 17.6 Å². The molecule has 1 fully saturated rings. The fourth-order valence-electron chi connectivity index (χ4n) is 3.02. The van der Waals surface area contributed by atoms with Crippen molar-refractivity contribution in [2.45, 2.75) is 11.3 Å². The molecule has 1 amide bonds. The normalized spacial score (nSPS) is 16.1. The summed E-state index contributed by atoms with van der Waals surface area (Å²) < 4.78 is 62.8. The first-order chi connectivity index (χ1) is 13.7. The van der Waals surface area contributed by atoms with E-state index >= 15 is 0 Å². The Morgan fingerprint density at radius 1 is 1.30 bits per heavy atom. The van der Waals surface area contributed by atoms with Gasteiger partial charge in [-0.15, -0.1) is 0 Å². The van der Waals surface area contributed by atoms with Crippen molar-refractivity contribution in [3.63, 3.8) is 0 Å². The van der Waals surface area contributed by atoms with Crippen molar-refractivity contribution in [3.8, 4) is 5.75 Å². The Morgan fingerprint density at radius 3 is 2.67 bits per heavy atom. The molecule has 1 heterocycles. The minimum Gasteiger partial charge on any atom is -0.496 e.